The van der Waals surface area contributed by atoms with Gasteiger partial charge in [0.15, 0.2) is 11.4 Å². The lowest BCUT2D eigenvalue weighted by atomic mass is 9.96. The van der Waals surface area contributed by atoms with Gasteiger partial charge in [0, 0.05) is 35.5 Å². The number of ether oxygens (including phenoxy) is 1. The average molecular weight is 530 g/mol. The van der Waals surface area contributed by atoms with E-state index in [1.54, 1.807) is 23.1 Å². The standard InChI is InChI=1S/C27H36ClN5O4/c1-15(2)18-14-32(11-12-33(18)25(35)37-27(6,7)8)22-21-20(17-13-16(28)9-10-19(17)36-21)29-24(30-22)31-23(34)26(3,4)5/h9-10,13,15,18H,11-12,14H2,1-8H3,(H,29,30,31,34)/t18-/m1/s1. The predicted molar refractivity (Wildman–Crippen MR) is 146 cm³/mol. The molecule has 0 bridgehead atoms. The van der Waals surface area contributed by atoms with E-state index in [4.69, 9.17) is 25.7 Å². The van der Waals surface area contributed by atoms with Crippen LogP contribution in [0.5, 0.6) is 0 Å². The Bertz CT molecular complexity index is 1340. The largest absolute Gasteiger partial charge is 0.450 e. The predicted octanol–water partition coefficient (Wildman–Crippen LogP) is 6.10. The zero-order chi connectivity index (χ0) is 27.3. The number of amides is 2. The Hall–Kier alpha value is -3.07. The van der Waals surface area contributed by atoms with Gasteiger partial charge in [0.2, 0.25) is 11.9 Å². The molecule has 0 aliphatic carbocycles. The van der Waals surface area contributed by atoms with Crippen LogP contribution in [-0.2, 0) is 9.53 Å². The Morgan fingerprint density at radius 1 is 1.14 bits per heavy atom. The van der Waals surface area contributed by atoms with Crippen molar-refractivity contribution in [1.82, 2.24) is 14.9 Å². The summed E-state index contributed by atoms with van der Waals surface area (Å²) in [5.74, 6) is 0.734. The summed E-state index contributed by atoms with van der Waals surface area (Å²) in [5.41, 5.74) is 0.510. The molecule has 200 valence electrons. The summed E-state index contributed by atoms with van der Waals surface area (Å²) in [7, 11) is 0. The topological polar surface area (TPSA) is 101 Å². The monoisotopic (exact) mass is 529 g/mol. The number of anilines is 2. The number of hydrogen-bond donors (Lipinski definition) is 1. The fourth-order valence-corrected chi connectivity index (χ4v) is 4.45. The maximum absolute atomic E-state index is 13.0. The smallest absolute Gasteiger partial charge is 0.410 e. The molecule has 1 aliphatic rings. The highest BCUT2D eigenvalue weighted by Gasteiger charge is 2.37. The quantitative estimate of drug-likeness (QED) is 0.437. The molecule has 2 amide bonds. The Balaban J connectivity index is 1.77. The summed E-state index contributed by atoms with van der Waals surface area (Å²) in [5, 5.41) is 4.16. The maximum Gasteiger partial charge on any atom is 0.410 e. The number of nitrogens with zero attached hydrogens (tertiary/aromatic N) is 4. The molecule has 1 saturated heterocycles. The summed E-state index contributed by atoms with van der Waals surface area (Å²) >= 11 is 6.28. The third kappa shape index (κ3) is 5.76. The summed E-state index contributed by atoms with van der Waals surface area (Å²) in [4.78, 5) is 39.0. The van der Waals surface area contributed by atoms with E-state index in [2.05, 4.69) is 29.0 Å². The van der Waals surface area contributed by atoms with Gasteiger partial charge in [-0.15, -0.1) is 0 Å². The van der Waals surface area contributed by atoms with Crippen LogP contribution < -0.4 is 10.2 Å². The molecule has 0 unspecified atom stereocenters. The van der Waals surface area contributed by atoms with E-state index >= 15 is 0 Å². The van der Waals surface area contributed by atoms with Crippen molar-refractivity contribution in [1.29, 1.82) is 0 Å². The number of hydrogen-bond acceptors (Lipinski definition) is 7. The van der Waals surface area contributed by atoms with Crippen LogP contribution >= 0.6 is 11.6 Å². The van der Waals surface area contributed by atoms with Crippen LogP contribution in [0.2, 0.25) is 5.02 Å². The molecule has 1 fully saturated rings. The molecule has 4 rings (SSSR count). The van der Waals surface area contributed by atoms with Crippen molar-refractivity contribution in [2.45, 2.75) is 67.0 Å². The number of aromatic nitrogens is 2. The minimum Gasteiger partial charge on any atom is -0.450 e. The van der Waals surface area contributed by atoms with Crippen molar-refractivity contribution in [3.63, 3.8) is 0 Å². The number of fused-ring (bicyclic) bond motifs is 3. The van der Waals surface area contributed by atoms with Crippen LogP contribution in [0.4, 0.5) is 16.6 Å². The number of nitrogens with one attached hydrogen (secondary N) is 1. The zero-order valence-electron chi connectivity index (χ0n) is 22.8. The number of halogens is 1. The second-order valence-electron chi connectivity index (χ2n) is 11.9. The fourth-order valence-electron chi connectivity index (χ4n) is 4.28. The van der Waals surface area contributed by atoms with Gasteiger partial charge in [-0.2, -0.15) is 4.98 Å². The summed E-state index contributed by atoms with van der Waals surface area (Å²) in [6.07, 6.45) is -0.324. The van der Waals surface area contributed by atoms with Crippen molar-refractivity contribution < 1.29 is 18.7 Å². The lowest BCUT2D eigenvalue weighted by molar-refractivity contribution is -0.123. The third-order valence-corrected chi connectivity index (χ3v) is 6.51. The van der Waals surface area contributed by atoms with Crippen LogP contribution in [0.1, 0.15) is 55.4 Å². The SMILES string of the molecule is CC(C)[C@H]1CN(c2nc(NC(=O)C(C)(C)C)nc3c2oc2ccc(Cl)cc23)CCN1C(=O)OC(C)(C)C. The Labute approximate surface area is 222 Å². The number of rotatable bonds is 3. The molecule has 1 aliphatic heterocycles. The maximum atomic E-state index is 13.0. The molecule has 0 saturated carbocycles. The minimum atomic E-state index is -0.623. The molecule has 1 atom stereocenters. The van der Waals surface area contributed by atoms with Crippen LogP contribution in [0, 0.1) is 11.3 Å². The molecule has 2 aromatic heterocycles. The van der Waals surface area contributed by atoms with Crippen LogP contribution in [0.25, 0.3) is 22.1 Å². The molecule has 1 N–H and O–H groups in total. The van der Waals surface area contributed by atoms with Crippen molar-refractivity contribution >= 4 is 57.4 Å². The number of benzene rings is 1. The van der Waals surface area contributed by atoms with Gasteiger partial charge < -0.3 is 19.0 Å². The Morgan fingerprint density at radius 3 is 2.46 bits per heavy atom. The fraction of sp³-hybridized carbons (Fsp3) is 0.556. The lowest BCUT2D eigenvalue weighted by Gasteiger charge is -2.43. The third-order valence-electron chi connectivity index (χ3n) is 6.28. The van der Waals surface area contributed by atoms with E-state index in [9.17, 15) is 9.59 Å². The van der Waals surface area contributed by atoms with Gasteiger partial charge in [-0.1, -0.05) is 46.2 Å². The van der Waals surface area contributed by atoms with Crippen LogP contribution in [-0.4, -0.2) is 58.1 Å². The zero-order valence-corrected chi connectivity index (χ0v) is 23.6. The van der Waals surface area contributed by atoms with Crippen LogP contribution in [0.3, 0.4) is 0 Å². The molecule has 9 nitrogen and oxygen atoms in total. The molecule has 3 aromatic rings. The number of piperazine rings is 1. The minimum absolute atomic E-state index is 0.111. The average Bonchev–Trinajstić information content (AvgIpc) is 3.14. The first-order valence-corrected chi connectivity index (χ1v) is 13.0. The van der Waals surface area contributed by atoms with E-state index in [0.29, 0.717) is 47.2 Å². The first-order chi connectivity index (χ1) is 17.1. The molecule has 3 heterocycles. The molecule has 37 heavy (non-hydrogen) atoms. The van der Waals surface area contributed by atoms with Crippen molar-refractivity contribution in [3.05, 3.63) is 23.2 Å². The van der Waals surface area contributed by atoms with Gasteiger partial charge in [-0.3, -0.25) is 10.1 Å². The molecule has 0 radical (unpaired) electrons. The van der Waals surface area contributed by atoms with Gasteiger partial charge in [-0.25, -0.2) is 9.78 Å². The highest BCUT2D eigenvalue weighted by atomic mass is 35.5. The molecular formula is C27H36ClN5O4. The number of furan rings is 1. The number of carbonyl (C=O) groups is 2. The van der Waals surface area contributed by atoms with Gasteiger partial charge in [0.1, 0.15) is 16.7 Å². The normalized spacial score (nSPS) is 17.1. The first-order valence-electron chi connectivity index (χ1n) is 12.6. The highest BCUT2D eigenvalue weighted by molar-refractivity contribution is 6.31. The van der Waals surface area contributed by atoms with Gasteiger partial charge in [0.25, 0.3) is 0 Å². The highest BCUT2D eigenvalue weighted by Crippen LogP contribution is 2.36. The summed E-state index contributed by atoms with van der Waals surface area (Å²) < 4.78 is 11.9. The van der Waals surface area contributed by atoms with Gasteiger partial charge >= 0.3 is 6.09 Å². The van der Waals surface area contributed by atoms with Gasteiger partial charge in [-0.05, 0) is 44.9 Å². The van der Waals surface area contributed by atoms with E-state index in [1.807, 2.05) is 41.5 Å². The second kappa shape index (κ2) is 9.67. The van der Waals surface area contributed by atoms with Crippen LogP contribution in [0.15, 0.2) is 22.6 Å². The van der Waals surface area contributed by atoms with Gasteiger partial charge in [0.05, 0.1) is 6.04 Å². The molecule has 0 spiro atoms. The Morgan fingerprint density at radius 2 is 1.84 bits per heavy atom. The molecule has 10 heteroatoms. The first kappa shape index (κ1) is 27.0. The number of carbonyl (C=O) groups excluding carboxylic acids is 2. The summed E-state index contributed by atoms with van der Waals surface area (Å²) in [6, 6.07) is 5.25. The summed E-state index contributed by atoms with van der Waals surface area (Å²) in [6.45, 7) is 16.7. The van der Waals surface area contributed by atoms with Crippen molar-refractivity contribution in [2.75, 3.05) is 29.9 Å². The van der Waals surface area contributed by atoms with Crippen molar-refractivity contribution in [3.8, 4) is 0 Å². The molecular weight excluding hydrogens is 494 g/mol. The van der Waals surface area contributed by atoms with E-state index in [0.717, 1.165) is 5.39 Å². The van der Waals surface area contributed by atoms with E-state index in [1.165, 1.54) is 0 Å². The Kier molecular flexibility index (Phi) is 7.05. The van der Waals surface area contributed by atoms with Crippen molar-refractivity contribution in [2.24, 2.45) is 11.3 Å². The van der Waals surface area contributed by atoms with E-state index < -0.39 is 11.0 Å². The lowest BCUT2D eigenvalue weighted by Crippen LogP contribution is -2.58. The molecule has 1 aromatic carbocycles. The van der Waals surface area contributed by atoms with E-state index in [-0.39, 0.29) is 29.9 Å². The second-order valence-corrected chi connectivity index (χ2v) is 12.4.